The van der Waals surface area contributed by atoms with Crippen LogP contribution in [-0.4, -0.2) is 13.1 Å². The molecule has 3 unspecified atom stereocenters. The quantitative estimate of drug-likeness (QED) is 0.115. The summed E-state index contributed by atoms with van der Waals surface area (Å²) in [5.41, 5.74) is 10.2. The van der Waals surface area contributed by atoms with Crippen molar-refractivity contribution >= 4 is 45.1 Å². The molecular formula is C56H60N2. The summed E-state index contributed by atoms with van der Waals surface area (Å²) in [5, 5.41) is 12.3. The van der Waals surface area contributed by atoms with E-state index in [2.05, 4.69) is 220 Å². The number of anilines is 2. The van der Waals surface area contributed by atoms with Gasteiger partial charge in [0.25, 0.3) is 0 Å². The standard InChI is InChI=1S/C37H36N2.C17H18.C2H6/c1-4-10-28-17-20-34(38-3)32-19-16-26-15-18-30(25-33(26)36(28)32)39-35-14-9-8-13-31(35)27-21-23-37(2,24-22-27)29-11-6-5-7-12-29;1-2-16(17-11-7-4-8-12-17)14-13-15-9-5-3-6-10-15;1-2/h4-23,25,31,35,38-39H,24H2,1-3H3;2-3,5-7,9-14H,4,8H2,1H3;1-2H3/b10-4-;14-13-,16-2+;. The summed E-state index contributed by atoms with van der Waals surface area (Å²) in [6.45, 7) is 10.5. The molecule has 0 aliphatic heterocycles. The SMILES string of the molecule is C/C=C(\C=C/c1ccccc1)C1=CCCC=C1.C/C=C\c1ccc(NC)c2ccc3ccc(NC4C=CC=CC4C4=CCC(C)(c5ccccc5)C=C4)cc3c12.CC. The van der Waals surface area contributed by atoms with Gasteiger partial charge in [-0.05, 0) is 101 Å². The van der Waals surface area contributed by atoms with Gasteiger partial charge in [-0.1, -0.05) is 197 Å². The lowest BCUT2D eigenvalue weighted by Gasteiger charge is -2.33. The first-order valence-electron chi connectivity index (χ1n) is 21.1. The van der Waals surface area contributed by atoms with Crippen LogP contribution >= 0.6 is 0 Å². The van der Waals surface area contributed by atoms with Gasteiger partial charge in [0.1, 0.15) is 0 Å². The molecule has 0 amide bonds. The van der Waals surface area contributed by atoms with Crippen LogP contribution in [0.2, 0.25) is 0 Å². The Kier molecular flexibility index (Phi) is 14.6. The average Bonchev–Trinajstić information content (AvgIpc) is 3.29. The molecule has 0 heterocycles. The summed E-state index contributed by atoms with van der Waals surface area (Å²) in [4.78, 5) is 0. The van der Waals surface area contributed by atoms with Crippen LogP contribution in [0, 0.1) is 5.92 Å². The molecule has 0 spiro atoms. The number of benzene rings is 5. The van der Waals surface area contributed by atoms with Crippen LogP contribution in [0.5, 0.6) is 0 Å². The van der Waals surface area contributed by atoms with Gasteiger partial charge in [-0.3, -0.25) is 0 Å². The molecule has 0 aromatic heterocycles. The first kappa shape index (κ1) is 41.5. The summed E-state index contributed by atoms with van der Waals surface area (Å²) in [6, 6.07) is 37.1. The molecule has 2 heteroatoms. The highest BCUT2D eigenvalue weighted by Crippen LogP contribution is 2.39. The minimum absolute atomic E-state index is 0.0398. The van der Waals surface area contributed by atoms with Gasteiger partial charge in [-0.15, -0.1) is 0 Å². The van der Waals surface area contributed by atoms with Crippen LogP contribution in [0.1, 0.15) is 70.6 Å². The summed E-state index contributed by atoms with van der Waals surface area (Å²) >= 11 is 0. The molecule has 294 valence electrons. The molecule has 5 aromatic carbocycles. The second kappa shape index (κ2) is 20.3. The lowest BCUT2D eigenvalue weighted by atomic mass is 9.73. The molecule has 0 radical (unpaired) electrons. The Labute approximate surface area is 348 Å². The Bertz CT molecular complexity index is 2430. The van der Waals surface area contributed by atoms with Crippen molar-refractivity contribution in [3.8, 4) is 0 Å². The van der Waals surface area contributed by atoms with Crippen LogP contribution in [0.3, 0.4) is 0 Å². The topological polar surface area (TPSA) is 24.1 Å². The predicted molar refractivity (Wildman–Crippen MR) is 258 cm³/mol. The van der Waals surface area contributed by atoms with Gasteiger partial charge >= 0.3 is 0 Å². The molecule has 2 N–H and O–H groups in total. The largest absolute Gasteiger partial charge is 0.388 e. The highest BCUT2D eigenvalue weighted by molar-refractivity contribution is 6.15. The highest BCUT2D eigenvalue weighted by Gasteiger charge is 2.29. The summed E-state index contributed by atoms with van der Waals surface area (Å²) < 4.78 is 0. The van der Waals surface area contributed by atoms with Crippen molar-refractivity contribution in [1.29, 1.82) is 0 Å². The minimum atomic E-state index is 0.0398. The van der Waals surface area contributed by atoms with E-state index < -0.39 is 0 Å². The van der Waals surface area contributed by atoms with Gasteiger partial charge in [0.2, 0.25) is 0 Å². The zero-order valence-corrected chi connectivity index (χ0v) is 35.3. The Morgan fingerprint density at radius 3 is 2.21 bits per heavy atom. The van der Waals surface area contributed by atoms with Crippen molar-refractivity contribution in [2.45, 2.75) is 65.3 Å². The molecule has 0 fully saturated rings. The number of fused-ring (bicyclic) bond motifs is 3. The highest BCUT2D eigenvalue weighted by atomic mass is 14.9. The van der Waals surface area contributed by atoms with E-state index in [1.54, 1.807) is 0 Å². The molecule has 0 saturated carbocycles. The fourth-order valence-electron chi connectivity index (χ4n) is 8.05. The monoisotopic (exact) mass is 760 g/mol. The van der Waals surface area contributed by atoms with Crippen molar-refractivity contribution in [2.24, 2.45) is 5.92 Å². The predicted octanol–water partition coefficient (Wildman–Crippen LogP) is 15.4. The first-order chi connectivity index (χ1) is 28.5. The van der Waals surface area contributed by atoms with Gasteiger partial charge in [0.05, 0.1) is 6.04 Å². The smallest absolute Gasteiger partial charge is 0.0550 e. The zero-order chi connectivity index (χ0) is 40.7. The summed E-state index contributed by atoms with van der Waals surface area (Å²) in [6.07, 6.45) is 37.1. The minimum Gasteiger partial charge on any atom is -0.388 e. The van der Waals surface area contributed by atoms with E-state index in [0.29, 0.717) is 0 Å². The van der Waals surface area contributed by atoms with Crippen LogP contribution < -0.4 is 10.6 Å². The van der Waals surface area contributed by atoms with E-state index in [-0.39, 0.29) is 17.4 Å². The molecule has 3 aliphatic rings. The van der Waals surface area contributed by atoms with Gasteiger partial charge in [0, 0.05) is 35.1 Å². The first-order valence-corrected chi connectivity index (χ1v) is 21.1. The third kappa shape index (κ3) is 9.87. The lowest BCUT2D eigenvalue weighted by Crippen LogP contribution is -2.30. The number of hydrogen-bond acceptors (Lipinski definition) is 2. The van der Waals surface area contributed by atoms with Gasteiger partial charge < -0.3 is 10.6 Å². The number of rotatable bonds is 9. The third-order valence-electron chi connectivity index (χ3n) is 11.2. The van der Waals surface area contributed by atoms with E-state index in [4.69, 9.17) is 0 Å². The van der Waals surface area contributed by atoms with E-state index in [1.807, 2.05) is 27.0 Å². The van der Waals surface area contributed by atoms with Gasteiger partial charge in [-0.25, -0.2) is 0 Å². The fraction of sp³-hybridized carbons (Fsp3) is 0.214. The third-order valence-corrected chi connectivity index (χ3v) is 11.2. The second-order valence-electron chi connectivity index (χ2n) is 15.0. The van der Waals surface area contributed by atoms with Crippen molar-refractivity contribution in [3.63, 3.8) is 0 Å². The summed E-state index contributed by atoms with van der Waals surface area (Å²) in [5.74, 6) is 0.282. The van der Waals surface area contributed by atoms with Crippen LogP contribution in [0.15, 0.2) is 199 Å². The van der Waals surface area contributed by atoms with Crippen LogP contribution in [-0.2, 0) is 5.41 Å². The maximum atomic E-state index is 3.87. The fourth-order valence-corrected chi connectivity index (χ4v) is 8.05. The molecule has 3 aliphatic carbocycles. The number of allylic oxidation sites excluding steroid dienone is 13. The molecule has 3 atom stereocenters. The number of hydrogen-bond donors (Lipinski definition) is 2. The van der Waals surface area contributed by atoms with Crippen LogP contribution in [0.4, 0.5) is 11.4 Å². The zero-order valence-electron chi connectivity index (χ0n) is 35.3. The normalized spacial score (nSPS) is 20.0. The molecule has 8 rings (SSSR count). The van der Waals surface area contributed by atoms with Gasteiger partial charge in [0.15, 0.2) is 0 Å². The second-order valence-corrected chi connectivity index (χ2v) is 15.0. The van der Waals surface area contributed by atoms with E-state index in [0.717, 1.165) is 24.2 Å². The Morgan fingerprint density at radius 1 is 0.759 bits per heavy atom. The number of nitrogens with one attached hydrogen (secondary N) is 2. The molecule has 5 aromatic rings. The van der Waals surface area contributed by atoms with Crippen molar-refractivity contribution in [3.05, 3.63) is 216 Å². The summed E-state index contributed by atoms with van der Waals surface area (Å²) in [7, 11) is 1.99. The maximum absolute atomic E-state index is 3.87. The maximum Gasteiger partial charge on any atom is 0.0550 e. The average molecular weight is 761 g/mol. The molecule has 0 bridgehead atoms. The molecule has 0 saturated heterocycles. The molecule has 58 heavy (non-hydrogen) atoms. The van der Waals surface area contributed by atoms with E-state index >= 15 is 0 Å². The Morgan fingerprint density at radius 2 is 1.52 bits per heavy atom. The van der Waals surface area contributed by atoms with Crippen molar-refractivity contribution < 1.29 is 0 Å². The molecular weight excluding hydrogens is 701 g/mol. The van der Waals surface area contributed by atoms with E-state index in [1.165, 1.54) is 61.4 Å². The Balaban J connectivity index is 0.000000250. The van der Waals surface area contributed by atoms with Crippen molar-refractivity contribution in [2.75, 3.05) is 17.7 Å². The van der Waals surface area contributed by atoms with Crippen LogP contribution in [0.25, 0.3) is 33.7 Å². The van der Waals surface area contributed by atoms with E-state index in [9.17, 15) is 0 Å². The van der Waals surface area contributed by atoms with Crippen molar-refractivity contribution in [1.82, 2.24) is 0 Å². The lowest BCUT2D eigenvalue weighted by molar-refractivity contribution is 0.583. The molecule has 2 nitrogen and oxygen atoms in total. The Hall–Kier alpha value is -6.12. The van der Waals surface area contributed by atoms with Gasteiger partial charge in [-0.2, -0.15) is 0 Å².